The summed E-state index contributed by atoms with van der Waals surface area (Å²) in [6, 6.07) is 0. The third-order valence-electron chi connectivity index (χ3n) is 4.88. The zero-order valence-electron chi connectivity index (χ0n) is 14.4. The molecule has 0 aromatic carbocycles. The van der Waals surface area contributed by atoms with Crippen LogP contribution in [0.1, 0.15) is 52.9 Å². The SMILES string of the molecule is CN(CC1(O)CCCC1)CC1(CNC(C)(C)C)CCOC1. The maximum Gasteiger partial charge on any atom is 0.0774 e. The van der Waals surface area contributed by atoms with Crippen LogP contribution in [0, 0.1) is 5.41 Å². The molecule has 1 heterocycles. The van der Waals surface area contributed by atoms with E-state index >= 15 is 0 Å². The largest absolute Gasteiger partial charge is 0.389 e. The van der Waals surface area contributed by atoms with Crippen molar-refractivity contribution in [3.05, 3.63) is 0 Å². The van der Waals surface area contributed by atoms with E-state index in [0.717, 1.165) is 52.1 Å². The van der Waals surface area contributed by atoms with E-state index < -0.39 is 5.60 Å². The fraction of sp³-hybridized carbons (Fsp3) is 1.00. The Hall–Kier alpha value is -0.160. The fourth-order valence-corrected chi connectivity index (χ4v) is 3.74. The van der Waals surface area contributed by atoms with E-state index in [-0.39, 0.29) is 11.0 Å². The van der Waals surface area contributed by atoms with Gasteiger partial charge >= 0.3 is 0 Å². The number of aliphatic hydroxyl groups is 1. The lowest BCUT2D eigenvalue weighted by Crippen LogP contribution is -2.50. The predicted octanol–water partition coefficient (Wildman–Crippen LogP) is 2.02. The number of hydrogen-bond acceptors (Lipinski definition) is 4. The number of likely N-dealkylation sites (N-methyl/N-ethyl adjacent to an activating group) is 1. The first kappa shape index (κ1) is 17.2. The van der Waals surface area contributed by atoms with Crippen LogP contribution in [0.25, 0.3) is 0 Å². The van der Waals surface area contributed by atoms with E-state index in [2.05, 4.69) is 38.0 Å². The molecule has 1 aliphatic heterocycles. The molecule has 0 bridgehead atoms. The fourth-order valence-electron chi connectivity index (χ4n) is 3.74. The highest BCUT2D eigenvalue weighted by molar-refractivity contribution is 4.93. The van der Waals surface area contributed by atoms with Crippen LogP contribution in [0.3, 0.4) is 0 Å². The van der Waals surface area contributed by atoms with Crippen LogP contribution in [0.15, 0.2) is 0 Å². The Bertz CT molecular complexity index is 326. The van der Waals surface area contributed by atoms with Crippen LogP contribution in [-0.2, 0) is 4.74 Å². The Kier molecular flexibility index (Phi) is 5.35. The highest BCUT2D eigenvalue weighted by Gasteiger charge is 2.39. The molecule has 1 saturated heterocycles. The van der Waals surface area contributed by atoms with Gasteiger partial charge in [-0.25, -0.2) is 0 Å². The van der Waals surface area contributed by atoms with Crippen molar-refractivity contribution < 1.29 is 9.84 Å². The zero-order valence-corrected chi connectivity index (χ0v) is 14.4. The van der Waals surface area contributed by atoms with Gasteiger partial charge in [0, 0.05) is 37.2 Å². The average Bonchev–Trinajstić information content (AvgIpc) is 2.96. The van der Waals surface area contributed by atoms with Gasteiger partial charge in [-0.1, -0.05) is 12.8 Å². The summed E-state index contributed by atoms with van der Waals surface area (Å²) in [4.78, 5) is 2.32. The van der Waals surface area contributed by atoms with E-state index in [1.807, 2.05) is 0 Å². The molecule has 1 atom stereocenters. The predicted molar refractivity (Wildman–Crippen MR) is 86.5 cm³/mol. The summed E-state index contributed by atoms with van der Waals surface area (Å²) in [5, 5.41) is 14.2. The van der Waals surface area contributed by atoms with E-state index in [1.54, 1.807) is 0 Å². The van der Waals surface area contributed by atoms with Gasteiger partial charge in [-0.2, -0.15) is 0 Å². The molecular formula is C17H34N2O2. The third-order valence-corrected chi connectivity index (χ3v) is 4.88. The molecule has 1 unspecified atom stereocenters. The minimum Gasteiger partial charge on any atom is -0.389 e. The van der Waals surface area contributed by atoms with E-state index in [0.29, 0.717) is 0 Å². The smallest absolute Gasteiger partial charge is 0.0774 e. The van der Waals surface area contributed by atoms with Gasteiger partial charge in [0.05, 0.1) is 12.2 Å². The Morgan fingerprint density at radius 1 is 1.14 bits per heavy atom. The Labute approximate surface area is 130 Å². The van der Waals surface area contributed by atoms with Gasteiger partial charge in [0.2, 0.25) is 0 Å². The van der Waals surface area contributed by atoms with E-state index in [4.69, 9.17) is 4.74 Å². The van der Waals surface area contributed by atoms with Crippen LogP contribution >= 0.6 is 0 Å². The van der Waals surface area contributed by atoms with Crippen molar-refractivity contribution >= 4 is 0 Å². The van der Waals surface area contributed by atoms with Crippen molar-refractivity contribution in [2.24, 2.45) is 5.41 Å². The molecule has 1 aliphatic carbocycles. The second-order valence-electron chi connectivity index (χ2n) is 8.51. The lowest BCUT2D eigenvalue weighted by Gasteiger charge is -2.37. The van der Waals surface area contributed by atoms with Crippen molar-refractivity contribution in [3.63, 3.8) is 0 Å². The van der Waals surface area contributed by atoms with Gasteiger partial charge in [0.25, 0.3) is 0 Å². The second-order valence-corrected chi connectivity index (χ2v) is 8.51. The third kappa shape index (κ3) is 5.20. The molecule has 0 aromatic heterocycles. The van der Waals surface area contributed by atoms with Gasteiger partial charge in [0.1, 0.15) is 0 Å². The Balaban J connectivity index is 1.89. The van der Waals surface area contributed by atoms with Gasteiger partial charge < -0.3 is 20.1 Å². The molecule has 2 fully saturated rings. The first-order valence-corrected chi connectivity index (χ1v) is 8.46. The van der Waals surface area contributed by atoms with E-state index in [1.165, 1.54) is 12.8 Å². The average molecular weight is 298 g/mol. The van der Waals surface area contributed by atoms with Crippen molar-refractivity contribution in [2.75, 3.05) is 39.9 Å². The summed E-state index contributed by atoms with van der Waals surface area (Å²) >= 11 is 0. The summed E-state index contributed by atoms with van der Waals surface area (Å²) < 4.78 is 5.69. The summed E-state index contributed by atoms with van der Waals surface area (Å²) in [7, 11) is 2.15. The molecule has 0 aromatic rings. The van der Waals surface area contributed by atoms with E-state index in [9.17, 15) is 5.11 Å². The van der Waals surface area contributed by atoms with Crippen LogP contribution in [0.2, 0.25) is 0 Å². The lowest BCUT2D eigenvalue weighted by atomic mass is 9.85. The normalized spacial score (nSPS) is 29.4. The van der Waals surface area contributed by atoms with Crippen molar-refractivity contribution in [2.45, 2.75) is 64.0 Å². The van der Waals surface area contributed by atoms with Gasteiger partial charge in [0.15, 0.2) is 0 Å². The molecule has 21 heavy (non-hydrogen) atoms. The lowest BCUT2D eigenvalue weighted by molar-refractivity contribution is 0.00324. The minimum atomic E-state index is -0.452. The van der Waals surface area contributed by atoms with Gasteiger partial charge in [-0.05, 0) is 47.1 Å². The number of hydrogen-bond donors (Lipinski definition) is 2. The summed E-state index contributed by atoms with van der Waals surface area (Å²) in [5.74, 6) is 0. The summed E-state index contributed by atoms with van der Waals surface area (Å²) in [5.41, 5.74) is -0.123. The molecule has 0 spiro atoms. The molecule has 4 heteroatoms. The summed E-state index contributed by atoms with van der Waals surface area (Å²) in [6.45, 7) is 11.1. The topological polar surface area (TPSA) is 44.7 Å². The number of rotatable bonds is 6. The molecule has 4 nitrogen and oxygen atoms in total. The molecule has 2 rings (SSSR count). The first-order chi connectivity index (χ1) is 9.72. The number of ether oxygens (including phenoxy) is 1. The number of nitrogens with one attached hydrogen (secondary N) is 1. The molecular weight excluding hydrogens is 264 g/mol. The maximum absolute atomic E-state index is 10.6. The van der Waals surface area contributed by atoms with Crippen LogP contribution in [-0.4, -0.2) is 61.0 Å². The first-order valence-electron chi connectivity index (χ1n) is 8.46. The molecule has 0 radical (unpaired) electrons. The minimum absolute atomic E-state index is 0.137. The quantitative estimate of drug-likeness (QED) is 0.787. The molecule has 1 saturated carbocycles. The van der Waals surface area contributed by atoms with Crippen molar-refractivity contribution in [1.82, 2.24) is 10.2 Å². The maximum atomic E-state index is 10.6. The molecule has 2 aliphatic rings. The van der Waals surface area contributed by atoms with Gasteiger partial charge in [-0.15, -0.1) is 0 Å². The molecule has 124 valence electrons. The van der Waals surface area contributed by atoms with Gasteiger partial charge in [-0.3, -0.25) is 0 Å². The van der Waals surface area contributed by atoms with Crippen molar-refractivity contribution in [1.29, 1.82) is 0 Å². The highest BCUT2D eigenvalue weighted by Crippen LogP contribution is 2.33. The zero-order chi connectivity index (χ0) is 15.6. The monoisotopic (exact) mass is 298 g/mol. The van der Waals surface area contributed by atoms with Crippen LogP contribution in [0.4, 0.5) is 0 Å². The molecule has 2 N–H and O–H groups in total. The molecule has 0 amide bonds. The second kappa shape index (κ2) is 6.53. The Morgan fingerprint density at radius 2 is 1.81 bits per heavy atom. The highest BCUT2D eigenvalue weighted by atomic mass is 16.5. The summed E-state index contributed by atoms with van der Waals surface area (Å²) in [6.07, 6.45) is 5.37. The Morgan fingerprint density at radius 3 is 2.33 bits per heavy atom. The van der Waals surface area contributed by atoms with Crippen molar-refractivity contribution in [3.8, 4) is 0 Å². The van der Waals surface area contributed by atoms with Crippen LogP contribution in [0.5, 0.6) is 0 Å². The number of nitrogens with zero attached hydrogens (tertiary/aromatic N) is 1. The standard InChI is InChI=1S/C17H34N2O2/c1-15(2,3)18-11-16(9-10-21-14-16)12-19(4)13-17(20)7-5-6-8-17/h18,20H,5-14H2,1-4H3. The van der Waals surface area contributed by atoms with Crippen LogP contribution < -0.4 is 5.32 Å².